The first-order valence-electron chi connectivity index (χ1n) is 6.02. The molecule has 0 spiro atoms. The van der Waals surface area contributed by atoms with Crippen molar-refractivity contribution in [2.45, 2.75) is 31.1 Å². The van der Waals surface area contributed by atoms with Gasteiger partial charge in [0.05, 0.1) is 12.3 Å². The zero-order chi connectivity index (χ0) is 12.1. The minimum absolute atomic E-state index is 0.751. The lowest BCUT2D eigenvalue weighted by molar-refractivity contribution is 0.199. The second-order valence-electron chi connectivity index (χ2n) is 4.29. The predicted molar refractivity (Wildman–Crippen MR) is 74.9 cm³/mol. The van der Waals surface area contributed by atoms with E-state index in [1.807, 2.05) is 23.1 Å². The lowest BCUT2D eigenvalue weighted by Gasteiger charge is -2.03. The van der Waals surface area contributed by atoms with Crippen LogP contribution in [0.3, 0.4) is 0 Å². The Morgan fingerprint density at radius 1 is 1.53 bits per heavy atom. The molecule has 3 nitrogen and oxygen atoms in total. The molecule has 0 atom stereocenters. The molecule has 1 aliphatic carbocycles. The van der Waals surface area contributed by atoms with Gasteiger partial charge in [-0.25, -0.2) is 4.98 Å². The van der Waals surface area contributed by atoms with E-state index < -0.39 is 0 Å². The third kappa shape index (κ3) is 3.95. The van der Waals surface area contributed by atoms with Gasteiger partial charge >= 0.3 is 0 Å². The van der Waals surface area contributed by atoms with Crippen molar-refractivity contribution in [2.24, 2.45) is 0 Å². The van der Waals surface area contributed by atoms with Gasteiger partial charge in [-0.15, -0.1) is 11.3 Å². The molecule has 17 heavy (non-hydrogen) atoms. The van der Waals surface area contributed by atoms with Crippen LogP contribution in [-0.2, 0) is 17.0 Å². The van der Waals surface area contributed by atoms with Crippen molar-refractivity contribution in [2.75, 3.05) is 26.5 Å². The Balaban J connectivity index is 1.93. The van der Waals surface area contributed by atoms with E-state index in [-0.39, 0.29) is 0 Å². The molecule has 0 radical (unpaired) electrons. The second kappa shape index (κ2) is 6.73. The Hall–Kier alpha value is -0.100. The third-order valence-corrected chi connectivity index (χ3v) is 4.59. The molecule has 1 aromatic rings. The standard InChI is InChI=1S/C12H20N2OS2/c1-15-6-5-13-7-10-12(9-3-4-9)14-11(17-10)8-16-2/h9,13H,3-8H2,1-2H3. The van der Waals surface area contributed by atoms with Crippen LogP contribution in [0.5, 0.6) is 0 Å². The van der Waals surface area contributed by atoms with Gasteiger partial charge in [0.2, 0.25) is 0 Å². The van der Waals surface area contributed by atoms with E-state index in [4.69, 9.17) is 9.72 Å². The first-order valence-corrected chi connectivity index (χ1v) is 8.23. The third-order valence-electron chi connectivity index (χ3n) is 2.77. The molecule has 2 rings (SSSR count). The number of hydrogen-bond donors (Lipinski definition) is 1. The number of aromatic nitrogens is 1. The highest BCUT2D eigenvalue weighted by Crippen LogP contribution is 2.42. The van der Waals surface area contributed by atoms with Gasteiger partial charge in [-0.05, 0) is 19.1 Å². The number of methoxy groups -OCH3 is 1. The molecule has 1 N–H and O–H groups in total. The summed E-state index contributed by atoms with van der Waals surface area (Å²) in [6, 6.07) is 0. The highest BCUT2D eigenvalue weighted by molar-refractivity contribution is 7.97. The second-order valence-corrected chi connectivity index (χ2v) is 6.33. The number of rotatable bonds is 8. The van der Waals surface area contributed by atoms with Crippen LogP contribution in [0.4, 0.5) is 0 Å². The smallest absolute Gasteiger partial charge is 0.103 e. The number of ether oxygens (including phenoxy) is 1. The van der Waals surface area contributed by atoms with Crippen molar-refractivity contribution in [1.82, 2.24) is 10.3 Å². The highest BCUT2D eigenvalue weighted by Gasteiger charge is 2.29. The van der Waals surface area contributed by atoms with Gasteiger partial charge in [-0.3, -0.25) is 0 Å². The van der Waals surface area contributed by atoms with Crippen molar-refractivity contribution in [1.29, 1.82) is 0 Å². The van der Waals surface area contributed by atoms with Crippen LogP contribution in [0.25, 0.3) is 0 Å². The molecule has 5 heteroatoms. The average molecular weight is 272 g/mol. The molecule has 0 aliphatic heterocycles. The number of thiazole rings is 1. The fourth-order valence-electron chi connectivity index (χ4n) is 1.78. The van der Waals surface area contributed by atoms with Crippen LogP contribution in [0.1, 0.15) is 34.3 Å². The molecule has 1 heterocycles. The number of thioether (sulfide) groups is 1. The fourth-order valence-corrected chi connectivity index (χ4v) is 3.60. The molecule has 1 aromatic heterocycles. The summed E-state index contributed by atoms with van der Waals surface area (Å²) in [4.78, 5) is 6.22. The monoisotopic (exact) mass is 272 g/mol. The first-order chi connectivity index (χ1) is 8.35. The van der Waals surface area contributed by atoms with Crippen LogP contribution >= 0.6 is 23.1 Å². The number of nitrogens with one attached hydrogen (secondary N) is 1. The van der Waals surface area contributed by atoms with E-state index in [2.05, 4.69) is 11.6 Å². The summed E-state index contributed by atoms with van der Waals surface area (Å²) in [5.41, 5.74) is 1.36. The molecule has 0 unspecified atom stereocenters. The number of hydrogen-bond acceptors (Lipinski definition) is 5. The molecule has 0 aromatic carbocycles. The molecule has 0 bridgehead atoms. The average Bonchev–Trinajstić information content (AvgIpc) is 3.09. The van der Waals surface area contributed by atoms with Crippen molar-refractivity contribution in [3.63, 3.8) is 0 Å². The van der Waals surface area contributed by atoms with Crippen LogP contribution in [0.2, 0.25) is 0 Å². The minimum Gasteiger partial charge on any atom is -0.383 e. The quantitative estimate of drug-likeness (QED) is 0.738. The topological polar surface area (TPSA) is 34.1 Å². The maximum absolute atomic E-state index is 5.04. The highest BCUT2D eigenvalue weighted by atomic mass is 32.2. The zero-order valence-electron chi connectivity index (χ0n) is 10.5. The molecule has 1 saturated carbocycles. The predicted octanol–water partition coefficient (Wildman–Crippen LogP) is 2.62. The van der Waals surface area contributed by atoms with E-state index >= 15 is 0 Å². The molecule has 1 aliphatic rings. The van der Waals surface area contributed by atoms with E-state index in [1.165, 1.54) is 28.4 Å². The Kier molecular flexibility index (Phi) is 5.28. The largest absolute Gasteiger partial charge is 0.383 e. The van der Waals surface area contributed by atoms with E-state index in [1.54, 1.807) is 7.11 Å². The maximum Gasteiger partial charge on any atom is 0.103 e. The van der Waals surface area contributed by atoms with Gasteiger partial charge in [-0.2, -0.15) is 11.8 Å². The summed E-state index contributed by atoms with van der Waals surface area (Å²) in [6.45, 7) is 2.63. The Morgan fingerprint density at radius 3 is 3.00 bits per heavy atom. The van der Waals surface area contributed by atoms with Gasteiger partial charge in [0, 0.05) is 36.7 Å². The van der Waals surface area contributed by atoms with Crippen molar-refractivity contribution in [3.8, 4) is 0 Å². The summed E-state index contributed by atoms with van der Waals surface area (Å²) >= 11 is 3.72. The SMILES string of the molecule is COCCNCc1sc(CSC)nc1C1CC1. The Morgan fingerprint density at radius 2 is 2.35 bits per heavy atom. The van der Waals surface area contributed by atoms with Gasteiger partial charge in [-0.1, -0.05) is 0 Å². The van der Waals surface area contributed by atoms with E-state index in [0.717, 1.165) is 31.4 Å². The van der Waals surface area contributed by atoms with Crippen LogP contribution in [-0.4, -0.2) is 31.5 Å². The lowest BCUT2D eigenvalue weighted by Crippen LogP contribution is -2.18. The molecule has 1 fully saturated rings. The van der Waals surface area contributed by atoms with Crippen LogP contribution < -0.4 is 5.32 Å². The summed E-state index contributed by atoms with van der Waals surface area (Å²) in [6.07, 6.45) is 4.79. The summed E-state index contributed by atoms with van der Waals surface area (Å²) < 4.78 is 5.04. The summed E-state index contributed by atoms with van der Waals surface area (Å²) in [5, 5.41) is 4.70. The van der Waals surface area contributed by atoms with Crippen LogP contribution in [0, 0.1) is 0 Å². The van der Waals surface area contributed by atoms with Gasteiger partial charge in [0.1, 0.15) is 5.01 Å². The molecule has 96 valence electrons. The summed E-state index contributed by atoms with van der Waals surface area (Å²) in [7, 11) is 1.74. The Labute approximate surface area is 111 Å². The first kappa shape index (κ1) is 13.3. The normalized spacial score (nSPS) is 15.4. The zero-order valence-corrected chi connectivity index (χ0v) is 12.1. The molecule has 0 saturated heterocycles. The number of nitrogens with zero attached hydrogens (tertiary/aromatic N) is 1. The van der Waals surface area contributed by atoms with E-state index in [0.29, 0.717) is 0 Å². The van der Waals surface area contributed by atoms with Crippen molar-refractivity contribution in [3.05, 3.63) is 15.6 Å². The van der Waals surface area contributed by atoms with Crippen molar-refractivity contribution >= 4 is 23.1 Å². The van der Waals surface area contributed by atoms with E-state index in [9.17, 15) is 0 Å². The Bertz CT molecular complexity index is 350. The fraction of sp³-hybridized carbons (Fsp3) is 0.750. The van der Waals surface area contributed by atoms with Gasteiger partial charge < -0.3 is 10.1 Å². The van der Waals surface area contributed by atoms with Crippen molar-refractivity contribution < 1.29 is 4.74 Å². The molecular weight excluding hydrogens is 252 g/mol. The summed E-state index contributed by atoms with van der Waals surface area (Å²) in [5.74, 6) is 1.80. The molecule has 0 amide bonds. The van der Waals surface area contributed by atoms with Crippen LogP contribution in [0.15, 0.2) is 0 Å². The van der Waals surface area contributed by atoms with Gasteiger partial charge in [0.15, 0.2) is 0 Å². The van der Waals surface area contributed by atoms with Gasteiger partial charge in [0.25, 0.3) is 0 Å². The molecular formula is C12H20N2OS2. The maximum atomic E-state index is 5.04. The minimum atomic E-state index is 0.751. The lowest BCUT2D eigenvalue weighted by atomic mass is 10.2.